The van der Waals surface area contributed by atoms with Crippen molar-refractivity contribution in [1.29, 1.82) is 0 Å². The van der Waals surface area contributed by atoms with Crippen LogP contribution in [0, 0.1) is 0 Å². The number of primary amides is 1. The van der Waals surface area contributed by atoms with E-state index in [1.807, 2.05) is 6.92 Å². The van der Waals surface area contributed by atoms with E-state index in [2.05, 4.69) is 10.3 Å². The highest BCUT2D eigenvalue weighted by Crippen LogP contribution is 2.15. The average Bonchev–Trinajstić information content (AvgIpc) is 2.30. The van der Waals surface area contributed by atoms with Crippen molar-refractivity contribution in [3.8, 4) is 0 Å². The fourth-order valence-electron chi connectivity index (χ4n) is 1.27. The molecule has 0 aliphatic heterocycles. The van der Waals surface area contributed by atoms with Crippen LogP contribution in [0.15, 0.2) is 12.1 Å². The van der Waals surface area contributed by atoms with Crippen molar-refractivity contribution in [2.24, 2.45) is 5.73 Å². The summed E-state index contributed by atoms with van der Waals surface area (Å²) in [5, 5.41) is 3.04. The van der Waals surface area contributed by atoms with Crippen molar-refractivity contribution in [3.63, 3.8) is 0 Å². The highest BCUT2D eigenvalue weighted by molar-refractivity contribution is 5.91. The number of pyridine rings is 1. The van der Waals surface area contributed by atoms with Gasteiger partial charge in [0.25, 0.3) is 5.91 Å². The molecule has 0 aliphatic rings. The second-order valence-electron chi connectivity index (χ2n) is 3.48. The van der Waals surface area contributed by atoms with Crippen LogP contribution in [0.1, 0.15) is 23.8 Å². The molecule has 6 heteroatoms. The van der Waals surface area contributed by atoms with Gasteiger partial charge in [0.1, 0.15) is 11.5 Å². The number of nitrogen functional groups attached to an aromatic ring is 1. The van der Waals surface area contributed by atoms with Crippen molar-refractivity contribution in [1.82, 2.24) is 4.98 Å². The molecule has 94 valence electrons. The second-order valence-corrected chi connectivity index (χ2v) is 3.48. The predicted octanol–water partition coefficient (Wildman–Crippen LogP) is 0.601. The van der Waals surface area contributed by atoms with Gasteiger partial charge in [0.2, 0.25) is 0 Å². The van der Waals surface area contributed by atoms with E-state index in [0.29, 0.717) is 31.3 Å². The number of anilines is 2. The summed E-state index contributed by atoms with van der Waals surface area (Å²) in [5.41, 5.74) is 11.6. The Bertz CT molecular complexity index is 382. The number of nitrogens with one attached hydrogen (secondary N) is 1. The van der Waals surface area contributed by atoms with Gasteiger partial charge >= 0.3 is 0 Å². The second kappa shape index (κ2) is 6.70. The first-order valence-corrected chi connectivity index (χ1v) is 5.53. The Balaban J connectivity index is 2.51. The van der Waals surface area contributed by atoms with E-state index in [1.54, 1.807) is 6.07 Å². The number of rotatable bonds is 7. The first-order chi connectivity index (χ1) is 8.15. The zero-order chi connectivity index (χ0) is 12.7. The van der Waals surface area contributed by atoms with Crippen LogP contribution in [0.3, 0.4) is 0 Å². The maximum absolute atomic E-state index is 11.0. The highest BCUT2D eigenvalue weighted by Gasteiger charge is 2.06. The third-order valence-electron chi connectivity index (χ3n) is 2.14. The first-order valence-electron chi connectivity index (χ1n) is 5.53. The minimum Gasteiger partial charge on any atom is -0.396 e. The van der Waals surface area contributed by atoms with Gasteiger partial charge in [-0.2, -0.15) is 0 Å². The van der Waals surface area contributed by atoms with E-state index in [9.17, 15) is 4.79 Å². The molecule has 0 bridgehead atoms. The summed E-state index contributed by atoms with van der Waals surface area (Å²) in [6, 6.07) is 3.11. The Kier molecular flexibility index (Phi) is 5.22. The summed E-state index contributed by atoms with van der Waals surface area (Å²) in [6.45, 7) is 4.01. The Labute approximate surface area is 100 Å². The molecule has 0 radical (unpaired) electrons. The number of hydrogen-bond acceptors (Lipinski definition) is 5. The van der Waals surface area contributed by atoms with Crippen molar-refractivity contribution in [2.75, 3.05) is 30.8 Å². The largest absolute Gasteiger partial charge is 0.396 e. The summed E-state index contributed by atoms with van der Waals surface area (Å²) in [5.74, 6) is -0.0832. The molecular weight excluding hydrogens is 220 g/mol. The molecule has 6 nitrogen and oxygen atoms in total. The van der Waals surface area contributed by atoms with Crippen LogP contribution >= 0.6 is 0 Å². The lowest BCUT2D eigenvalue weighted by Crippen LogP contribution is -2.15. The van der Waals surface area contributed by atoms with Gasteiger partial charge in [0.15, 0.2) is 0 Å². The van der Waals surface area contributed by atoms with E-state index in [0.717, 1.165) is 6.42 Å². The molecule has 1 heterocycles. The minimum atomic E-state index is -0.567. The maximum Gasteiger partial charge on any atom is 0.267 e. The highest BCUT2D eigenvalue weighted by atomic mass is 16.5. The summed E-state index contributed by atoms with van der Waals surface area (Å²) < 4.78 is 5.20. The topological polar surface area (TPSA) is 103 Å². The summed E-state index contributed by atoms with van der Waals surface area (Å²) in [4.78, 5) is 15.0. The molecular formula is C11H18N4O2. The fraction of sp³-hybridized carbons (Fsp3) is 0.455. The Morgan fingerprint density at radius 1 is 1.53 bits per heavy atom. The number of carbonyl (C=O) groups excluding carboxylic acids is 1. The van der Waals surface area contributed by atoms with Crippen molar-refractivity contribution < 1.29 is 9.53 Å². The molecule has 0 spiro atoms. The number of carbonyl (C=O) groups is 1. The van der Waals surface area contributed by atoms with E-state index in [-0.39, 0.29) is 5.69 Å². The van der Waals surface area contributed by atoms with Crippen molar-refractivity contribution in [3.05, 3.63) is 17.8 Å². The molecule has 1 rings (SSSR count). The monoisotopic (exact) mass is 238 g/mol. The van der Waals surface area contributed by atoms with Crippen molar-refractivity contribution >= 4 is 17.4 Å². The van der Waals surface area contributed by atoms with Crippen LogP contribution in [0.2, 0.25) is 0 Å². The van der Waals surface area contributed by atoms with Gasteiger partial charge in [-0.25, -0.2) is 4.98 Å². The molecule has 0 fully saturated rings. The first kappa shape index (κ1) is 13.2. The van der Waals surface area contributed by atoms with Crippen LogP contribution in [0.25, 0.3) is 0 Å². The van der Waals surface area contributed by atoms with Crippen molar-refractivity contribution in [2.45, 2.75) is 13.3 Å². The molecule has 0 saturated carbocycles. The maximum atomic E-state index is 11.0. The fourth-order valence-corrected chi connectivity index (χ4v) is 1.27. The lowest BCUT2D eigenvalue weighted by Gasteiger charge is -2.09. The summed E-state index contributed by atoms with van der Waals surface area (Å²) in [7, 11) is 0. The van der Waals surface area contributed by atoms with E-state index in [4.69, 9.17) is 16.2 Å². The van der Waals surface area contributed by atoms with Crippen LogP contribution in [-0.2, 0) is 4.74 Å². The predicted molar refractivity (Wildman–Crippen MR) is 66.8 cm³/mol. The number of ether oxygens (including phenoxy) is 1. The Morgan fingerprint density at radius 3 is 2.94 bits per heavy atom. The molecule has 5 N–H and O–H groups in total. The van der Waals surface area contributed by atoms with E-state index in [1.165, 1.54) is 6.07 Å². The molecule has 1 aromatic rings. The summed E-state index contributed by atoms with van der Waals surface area (Å²) >= 11 is 0. The summed E-state index contributed by atoms with van der Waals surface area (Å²) in [6.07, 6.45) is 0.843. The number of hydrogen-bond donors (Lipinski definition) is 3. The minimum absolute atomic E-state index is 0.200. The van der Waals surface area contributed by atoms with Crippen LogP contribution in [0.4, 0.5) is 11.5 Å². The van der Waals surface area contributed by atoms with Gasteiger partial charge in [-0.15, -0.1) is 0 Å². The zero-order valence-electron chi connectivity index (χ0n) is 9.90. The molecule has 1 amide bonds. The van der Waals surface area contributed by atoms with Gasteiger partial charge in [0.05, 0.1) is 5.69 Å². The number of nitrogens with two attached hydrogens (primary N) is 2. The van der Waals surface area contributed by atoms with Gasteiger partial charge in [0, 0.05) is 19.8 Å². The molecule has 0 saturated heterocycles. The average molecular weight is 238 g/mol. The third kappa shape index (κ3) is 4.28. The van der Waals surface area contributed by atoms with Crippen LogP contribution < -0.4 is 16.8 Å². The number of amides is 1. The Morgan fingerprint density at radius 2 is 2.29 bits per heavy atom. The molecule has 0 aliphatic carbocycles. The van der Waals surface area contributed by atoms with Gasteiger partial charge in [-0.05, 0) is 25.5 Å². The molecule has 0 aromatic carbocycles. The molecule has 1 aromatic heterocycles. The van der Waals surface area contributed by atoms with Crippen LogP contribution in [-0.4, -0.2) is 30.6 Å². The van der Waals surface area contributed by atoms with Gasteiger partial charge in [-0.1, -0.05) is 0 Å². The molecule has 17 heavy (non-hydrogen) atoms. The smallest absolute Gasteiger partial charge is 0.267 e. The zero-order valence-corrected chi connectivity index (χ0v) is 9.90. The normalized spacial score (nSPS) is 10.2. The quantitative estimate of drug-likeness (QED) is 0.603. The number of nitrogens with zero attached hydrogens (tertiary/aromatic N) is 1. The molecule has 0 unspecified atom stereocenters. The Hall–Kier alpha value is -1.82. The van der Waals surface area contributed by atoms with Crippen LogP contribution in [0.5, 0.6) is 0 Å². The van der Waals surface area contributed by atoms with Gasteiger partial charge < -0.3 is 21.5 Å². The molecule has 0 atom stereocenters. The standard InChI is InChI=1S/C11H18N4O2/c1-2-17-7-3-6-14-11-8(12)4-5-9(15-11)10(13)16/h4-5H,2-3,6-7,12H2,1H3,(H2,13,16)(H,14,15). The SMILES string of the molecule is CCOCCCNc1nc(C(N)=O)ccc1N. The third-order valence-corrected chi connectivity index (χ3v) is 2.14. The van der Waals surface area contributed by atoms with Gasteiger partial charge in [-0.3, -0.25) is 4.79 Å². The lowest BCUT2D eigenvalue weighted by molar-refractivity contribution is 0.0995. The van der Waals surface area contributed by atoms with E-state index >= 15 is 0 Å². The van der Waals surface area contributed by atoms with E-state index < -0.39 is 5.91 Å². The number of aromatic nitrogens is 1. The lowest BCUT2D eigenvalue weighted by atomic mass is 10.3.